The van der Waals surface area contributed by atoms with Crippen LogP contribution in [0.4, 0.5) is 13.2 Å². The van der Waals surface area contributed by atoms with Gasteiger partial charge < -0.3 is 5.32 Å². The lowest BCUT2D eigenvalue weighted by Gasteiger charge is -2.36. The van der Waals surface area contributed by atoms with Crippen molar-refractivity contribution >= 4 is 0 Å². The Hall–Kier alpha value is -1.58. The topological polar surface area (TPSA) is 39.1 Å². The molecular formula is C13H14F3N3. The van der Waals surface area contributed by atoms with E-state index in [1.165, 1.54) is 29.2 Å². The third-order valence-corrected chi connectivity index (χ3v) is 3.18. The highest BCUT2D eigenvalue weighted by Crippen LogP contribution is 2.37. The predicted octanol–water partition coefficient (Wildman–Crippen LogP) is 2.07. The molecule has 1 aromatic rings. The largest absolute Gasteiger partial charge is 0.408 e. The van der Waals surface area contributed by atoms with E-state index in [4.69, 9.17) is 5.26 Å². The Kier molecular flexibility index (Phi) is 4.08. The molecule has 1 saturated heterocycles. The molecule has 0 aromatic heterocycles. The molecule has 19 heavy (non-hydrogen) atoms. The highest BCUT2D eigenvalue weighted by Gasteiger charge is 2.44. The number of hydrogen-bond acceptors (Lipinski definition) is 3. The minimum Gasteiger partial charge on any atom is -0.314 e. The molecule has 1 fully saturated rings. The second-order valence-corrected chi connectivity index (χ2v) is 4.46. The molecule has 1 aliphatic heterocycles. The van der Waals surface area contributed by atoms with Crippen LogP contribution in [0.2, 0.25) is 0 Å². The molecule has 3 nitrogen and oxygen atoms in total. The minimum absolute atomic E-state index is 0.188. The van der Waals surface area contributed by atoms with Crippen LogP contribution in [0.1, 0.15) is 17.2 Å². The molecule has 1 atom stereocenters. The summed E-state index contributed by atoms with van der Waals surface area (Å²) in [6.45, 7) is 1.85. The summed E-state index contributed by atoms with van der Waals surface area (Å²) in [6.07, 6.45) is -4.31. The van der Waals surface area contributed by atoms with Crippen LogP contribution in [0, 0.1) is 11.3 Å². The maximum Gasteiger partial charge on any atom is 0.408 e. The van der Waals surface area contributed by atoms with Crippen LogP contribution >= 0.6 is 0 Å². The summed E-state index contributed by atoms with van der Waals surface area (Å²) < 4.78 is 39.7. The summed E-state index contributed by atoms with van der Waals surface area (Å²) in [5.41, 5.74) is 0.554. The summed E-state index contributed by atoms with van der Waals surface area (Å²) >= 11 is 0. The van der Waals surface area contributed by atoms with E-state index in [0.29, 0.717) is 31.7 Å². The average Bonchev–Trinajstić information content (AvgIpc) is 2.39. The van der Waals surface area contributed by atoms with Gasteiger partial charge in [-0.15, -0.1) is 0 Å². The van der Waals surface area contributed by atoms with Gasteiger partial charge in [-0.3, -0.25) is 4.90 Å². The second-order valence-electron chi connectivity index (χ2n) is 4.46. The van der Waals surface area contributed by atoms with Crippen LogP contribution in [0.5, 0.6) is 0 Å². The van der Waals surface area contributed by atoms with Crippen molar-refractivity contribution < 1.29 is 13.2 Å². The molecule has 0 unspecified atom stereocenters. The zero-order valence-corrected chi connectivity index (χ0v) is 10.2. The summed E-state index contributed by atoms with van der Waals surface area (Å²) in [6, 6.07) is 5.94. The number of rotatable bonds is 2. The first-order valence-corrected chi connectivity index (χ1v) is 6.04. The van der Waals surface area contributed by atoms with Crippen molar-refractivity contribution in [1.29, 1.82) is 5.26 Å². The molecule has 0 spiro atoms. The first-order valence-electron chi connectivity index (χ1n) is 6.04. The molecule has 1 heterocycles. The fourth-order valence-corrected chi connectivity index (χ4v) is 2.29. The van der Waals surface area contributed by atoms with Gasteiger partial charge in [0.25, 0.3) is 0 Å². The molecule has 0 radical (unpaired) electrons. The maximum atomic E-state index is 13.2. The SMILES string of the molecule is N#Cc1ccc([C@H](N2CCNCC2)C(F)(F)F)cc1. The van der Waals surface area contributed by atoms with Crippen LogP contribution in [0.3, 0.4) is 0 Å². The zero-order valence-electron chi connectivity index (χ0n) is 10.2. The molecule has 0 bridgehead atoms. The molecular weight excluding hydrogens is 255 g/mol. The Labute approximate surface area is 109 Å². The Morgan fingerprint density at radius 3 is 2.21 bits per heavy atom. The summed E-state index contributed by atoms with van der Waals surface area (Å²) in [4.78, 5) is 1.43. The average molecular weight is 269 g/mol. The summed E-state index contributed by atoms with van der Waals surface area (Å²) in [7, 11) is 0. The van der Waals surface area contributed by atoms with Gasteiger partial charge in [0.2, 0.25) is 0 Å². The molecule has 0 aliphatic carbocycles. The number of nitriles is 1. The summed E-state index contributed by atoms with van der Waals surface area (Å²) in [5, 5.41) is 11.7. The standard InChI is InChI=1S/C13H14F3N3/c14-13(15,16)12(19-7-5-18-6-8-19)11-3-1-10(9-17)2-4-11/h1-4,12,18H,5-8H2/t12-/m0/s1. The highest BCUT2D eigenvalue weighted by atomic mass is 19.4. The molecule has 2 rings (SSSR count). The van der Waals surface area contributed by atoms with E-state index in [2.05, 4.69) is 5.32 Å². The van der Waals surface area contributed by atoms with Gasteiger partial charge in [0.05, 0.1) is 11.6 Å². The van der Waals surface area contributed by atoms with Crippen LogP contribution in [0.25, 0.3) is 0 Å². The number of nitrogens with one attached hydrogen (secondary N) is 1. The number of hydrogen-bond donors (Lipinski definition) is 1. The molecule has 0 amide bonds. The predicted molar refractivity (Wildman–Crippen MR) is 64.4 cm³/mol. The quantitative estimate of drug-likeness (QED) is 0.893. The van der Waals surface area contributed by atoms with E-state index in [9.17, 15) is 13.2 Å². The van der Waals surface area contributed by atoms with Crippen molar-refractivity contribution in [2.75, 3.05) is 26.2 Å². The van der Waals surface area contributed by atoms with E-state index >= 15 is 0 Å². The third-order valence-electron chi connectivity index (χ3n) is 3.18. The normalized spacial score (nSPS) is 18.8. The van der Waals surface area contributed by atoms with Gasteiger partial charge in [-0.05, 0) is 17.7 Å². The lowest BCUT2D eigenvalue weighted by Crippen LogP contribution is -2.49. The smallest absolute Gasteiger partial charge is 0.314 e. The van der Waals surface area contributed by atoms with E-state index in [1.807, 2.05) is 6.07 Å². The van der Waals surface area contributed by atoms with Crippen molar-refractivity contribution in [2.24, 2.45) is 0 Å². The van der Waals surface area contributed by atoms with E-state index < -0.39 is 12.2 Å². The molecule has 1 aliphatic rings. The van der Waals surface area contributed by atoms with Crippen molar-refractivity contribution in [3.8, 4) is 6.07 Å². The second kappa shape index (κ2) is 5.59. The number of halogens is 3. The summed E-state index contributed by atoms with van der Waals surface area (Å²) in [5.74, 6) is 0. The highest BCUT2D eigenvalue weighted by molar-refractivity contribution is 5.33. The van der Waals surface area contributed by atoms with Gasteiger partial charge in [0.15, 0.2) is 0 Å². The number of benzene rings is 1. The molecule has 1 N–H and O–H groups in total. The fraction of sp³-hybridized carbons (Fsp3) is 0.462. The molecule has 1 aromatic carbocycles. The van der Waals surface area contributed by atoms with Gasteiger partial charge >= 0.3 is 6.18 Å². The van der Waals surface area contributed by atoms with Gasteiger partial charge in [-0.2, -0.15) is 18.4 Å². The van der Waals surface area contributed by atoms with Crippen molar-refractivity contribution in [3.63, 3.8) is 0 Å². The van der Waals surface area contributed by atoms with Crippen molar-refractivity contribution in [3.05, 3.63) is 35.4 Å². The fourth-order valence-electron chi connectivity index (χ4n) is 2.29. The number of piperazine rings is 1. The zero-order chi connectivity index (χ0) is 13.9. The van der Waals surface area contributed by atoms with E-state index in [1.54, 1.807) is 0 Å². The van der Waals surface area contributed by atoms with Crippen molar-refractivity contribution in [1.82, 2.24) is 10.2 Å². The van der Waals surface area contributed by atoms with Gasteiger partial charge in [0.1, 0.15) is 6.04 Å². The van der Waals surface area contributed by atoms with Crippen LogP contribution in [0.15, 0.2) is 24.3 Å². The minimum atomic E-state index is -4.31. The maximum absolute atomic E-state index is 13.2. The lowest BCUT2D eigenvalue weighted by molar-refractivity contribution is -0.187. The Morgan fingerprint density at radius 1 is 1.16 bits per heavy atom. The number of nitrogens with zero attached hydrogens (tertiary/aromatic N) is 2. The van der Waals surface area contributed by atoms with E-state index in [0.717, 1.165) is 0 Å². The first kappa shape index (κ1) is 13.8. The first-order chi connectivity index (χ1) is 9.02. The van der Waals surface area contributed by atoms with Gasteiger partial charge in [-0.25, -0.2) is 0 Å². The molecule has 102 valence electrons. The van der Waals surface area contributed by atoms with Crippen LogP contribution in [-0.4, -0.2) is 37.3 Å². The molecule has 6 heteroatoms. The van der Waals surface area contributed by atoms with Crippen LogP contribution < -0.4 is 5.32 Å². The number of alkyl halides is 3. The monoisotopic (exact) mass is 269 g/mol. The van der Waals surface area contributed by atoms with Crippen molar-refractivity contribution in [2.45, 2.75) is 12.2 Å². The Balaban J connectivity index is 2.28. The molecule has 0 saturated carbocycles. The van der Waals surface area contributed by atoms with E-state index in [-0.39, 0.29) is 5.56 Å². The lowest BCUT2D eigenvalue weighted by atomic mass is 10.0. The van der Waals surface area contributed by atoms with Crippen LogP contribution in [-0.2, 0) is 0 Å². The van der Waals surface area contributed by atoms with Gasteiger partial charge in [0, 0.05) is 26.2 Å². The Bertz CT molecular complexity index is 456. The van der Waals surface area contributed by atoms with Gasteiger partial charge in [-0.1, -0.05) is 12.1 Å². The third kappa shape index (κ3) is 3.25. The Morgan fingerprint density at radius 2 is 1.74 bits per heavy atom.